The third-order valence-electron chi connectivity index (χ3n) is 3.85. The van der Waals surface area contributed by atoms with Crippen molar-refractivity contribution in [3.63, 3.8) is 0 Å². The first-order chi connectivity index (χ1) is 13.1. The number of sulfonamides is 1. The number of ether oxygens (including phenoxy) is 1. The quantitative estimate of drug-likeness (QED) is 0.575. The summed E-state index contributed by atoms with van der Waals surface area (Å²) < 4.78 is 32.3. The molecule has 140 valence electrons. The summed E-state index contributed by atoms with van der Waals surface area (Å²) in [5, 5.41) is 0. The van der Waals surface area contributed by atoms with Crippen molar-refractivity contribution >= 4 is 10.0 Å². The first-order valence-electron chi connectivity index (χ1n) is 8.63. The van der Waals surface area contributed by atoms with Crippen molar-refractivity contribution in [1.29, 1.82) is 0 Å². The summed E-state index contributed by atoms with van der Waals surface area (Å²) in [5.74, 6) is 0.753. The molecule has 0 unspecified atom stereocenters. The molecule has 1 N–H and O–H groups in total. The Morgan fingerprint density at radius 3 is 2.52 bits per heavy atom. The normalized spacial score (nSPS) is 11.3. The molecule has 3 aromatic rings. The van der Waals surface area contributed by atoms with E-state index in [1.807, 2.05) is 54.6 Å². The molecule has 6 nitrogen and oxygen atoms in total. The van der Waals surface area contributed by atoms with Gasteiger partial charge in [-0.15, -0.1) is 0 Å². The van der Waals surface area contributed by atoms with Crippen LogP contribution in [0.4, 0.5) is 0 Å². The minimum Gasteiger partial charge on any atom is -0.494 e. The number of benzene rings is 1. The van der Waals surface area contributed by atoms with Crippen molar-refractivity contribution < 1.29 is 13.2 Å². The van der Waals surface area contributed by atoms with Crippen LogP contribution in [0.2, 0.25) is 0 Å². The molecule has 0 aliphatic rings. The van der Waals surface area contributed by atoms with Crippen molar-refractivity contribution in [1.82, 2.24) is 14.7 Å². The number of aromatic nitrogens is 2. The average Bonchev–Trinajstić information content (AvgIpc) is 2.72. The summed E-state index contributed by atoms with van der Waals surface area (Å²) in [6.45, 7) is 0.564. The van der Waals surface area contributed by atoms with Gasteiger partial charge in [-0.05, 0) is 42.3 Å². The highest BCUT2D eigenvalue weighted by Crippen LogP contribution is 2.15. The molecule has 27 heavy (non-hydrogen) atoms. The molecule has 3 rings (SSSR count). The lowest BCUT2D eigenvalue weighted by molar-refractivity contribution is 0.317. The van der Waals surface area contributed by atoms with Crippen LogP contribution in [0.25, 0.3) is 11.3 Å². The van der Waals surface area contributed by atoms with Crippen LogP contribution in [0.5, 0.6) is 5.75 Å². The molecule has 0 saturated carbocycles. The Morgan fingerprint density at radius 1 is 0.963 bits per heavy atom. The maximum Gasteiger partial charge on any atom is 0.212 e. The standard InChI is InChI=1S/C20H21N3O3S/c24-27(25,13-5-12-26-19-7-2-1-3-8-19)23-15-17-9-10-20(22-14-17)18-6-4-11-21-16-18/h1-4,6-11,14,16,23H,5,12-13,15H2. The number of nitrogens with one attached hydrogen (secondary N) is 1. The summed E-state index contributed by atoms with van der Waals surface area (Å²) in [7, 11) is -3.36. The van der Waals surface area contributed by atoms with Crippen LogP contribution in [-0.4, -0.2) is 30.7 Å². The third kappa shape index (κ3) is 6.16. The lowest BCUT2D eigenvalue weighted by Gasteiger charge is -2.08. The van der Waals surface area contributed by atoms with Crippen molar-refractivity contribution in [2.75, 3.05) is 12.4 Å². The van der Waals surface area contributed by atoms with Crippen LogP contribution < -0.4 is 9.46 Å². The van der Waals surface area contributed by atoms with E-state index in [1.54, 1.807) is 18.6 Å². The Morgan fingerprint density at radius 2 is 1.81 bits per heavy atom. The number of hydrogen-bond donors (Lipinski definition) is 1. The average molecular weight is 383 g/mol. The van der Waals surface area contributed by atoms with E-state index < -0.39 is 10.0 Å². The van der Waals surface area contributed by atoms with Crippen LogP contribution >= 0.6 is 0 Å². The molecule has 0 fully saturated rings. The topological polar surface area (TPSA) is 81.2 Å². The van der Waals surface area contributed by atoms with Crippen molar-refractivity contribution in [2.24, 2.45) is 0 Å². The number of rotatable bonds is 9. The fourth-order valence-corrected chi connectivity index (χ4v) is 3.46. The maximum absolute atomic E-state index is 12.1. The van der Waals surface area contributed by atoms with Crippen LogP contribution in [0.1, 0.15) is 12.0 Å². The molecule has 0 radical (unpaired) electrons. The van der Waals surface area contributed by atoms with Gasteiger partial charge in [0.25, 0.3) is 0 Å². The zero-order valence-corrected chi connectivity index (χ0v) is 15.6. The molecule has 2 heterocycles. The van der Waals surface area contributed by atoms with Gasteiger partial charge < -0.3 is 4.74 Å². The summed E-state index contributed by atoms with van der Waals surface area (Å²) in [4.78, 5) is 8.43. The molecule has 0 atom stereocenters. The van der Waals surface area contributed by atoms with E-state index in [0.29, 0.717) is 13.0 Å². The summed E-state index contributed by atoms with van der Waals surface area (Å²) in [6.07, 6.45) is 5.53. The van der Waals surface area contributed by atoms with Gasteiger partial charge in [0.15, 0.2) is 0 Å². The fraction of sp³-hybridized carbons (Fsp3) is 0.200. The van der Waals surface area contributed by atoms with Crippen molar-refractivity contribution in [2.45, 2.75) is 13.0 Å². The Labute approximate surface area is 159 Å². The lowest BCUT2D eigenvalue weighted by atomic mass is 10.1. The minimum atomic E-state index is -3.36. The van der Waals surface area contributed by atoms with Gasteiger partial charge in [-0.25, -0.2) is 13.1 Å². The fourth-order valence-electron chi connectivity index (χ4n) is 2.44. The molecule has 0 aliphatic carbocycles. The van der Waals surface area contributed by atoms with Gasteiger partial charge in [-0.2, -0.15) is 0 Å². The predicted molar refractivity (Wildman–Crippen MR) is 105 cm³/mol. The van der Waals surface area contributed by atoms with E-state index >= 15 is 0 Å². The second-order valence-corrected chi connectivity index (χ2v) is 7.87. The Bertz CT molecular complexity index is 931. The SMILES string of the molecule is O=S(=O)(CCCOc1ccccc1)NCc1ccc(-c2cccnc2)nc1. The summed E-state index contributed by atoms with van der Waals surface area (Å²) >= 11 is 0. The maximum atomic E-state index is 12.1. The Kier molecular flexibility index (Phi) is 6.51. The zero-order chi connectivity index (χ0) is 19.0. The number of hydrogen-bond acceptors (Lipinski definition) is 5. The van der Waals surface area contributed by atoms with Gasteiger partial charge in [-0.3, -0.25) is 9.97 Å². The van der Waals surface area contributed by atoms with E-state index in [4.69, 9.17) is 4.74 Å². The molecule has 0 spiro atoms. The van der Waals surface area contributed by atoms with E-state index in [-0.39, 0.29) is 12.3 Å². The molecule has 2 aromatic heterocycles. The van der Waals surface area contributed by atoms with Crippen LogP contribution in [0.15, 0.2) is 73.2 Å². The molecule has 7 heteroatoms. The van der Waals surface area contributed by atoms with Crippen LogP contribution in [-0.2, 0) is 16.6 Å². The van der Waals surface area contributed by atoms with E-state index in [0.717, 1.165) is 22.6 Å². The first-order valence-corrected chi connectivity index (χ1v) is 10.3. The molecular weight excluding hydrogens is 362 g/mol. The van der Waals surface area contributed by atoms with Crippen LogP contribution in [0, 0.1) is 0 Å². The number of nitrogens with zero attached hydrogens (tertiary/aromatic N) is 2. The molecule has 0 bridgehead atoms. The second kappa shape index (κ2) is 9.25. The predicted octanol–water partition coefficient (Wildman–Crippen LogP) is 3.03. The van der Waals surface area contributed by atoms with Crippen LogP contribution in [0.3, 0.4) is 0 Å². The monoisotopic (exact) mass is 383 g/mol. The Hall–Kier alpha value is -2.77. The van der Waals surface area contributed by atoms with Gasteiger partial charge in [0.2, 0.25) is 10.0 Å². The van der Waals surface area contributed by atoms with E-state index in [1.165, 1.54) is 0 Å². The smallest absolute Gasteiger partial charge is 0.212 e. The van der Waals surface area contributed by atoms with Gasteiger partial charge in [0, 0.05) is 30.7 Å². The van der Waals surface area contributed by atoms with Gasteiger partial charge in [-0.1, -0.05) is 24.3 Å². The number of pyridine rings is 2. The second-order valence-electron chi connectivity index (χ2n) is 5.95. The molecule has 0 saturated heterocycles. The van der Waals surface area contributed by atoms with Gasteiger partial charge in [0.1, 0.15) is 5.75 Å². The van der Waals surface area contributed by atoms with E-state index in [2.05, 4.69) is 14.7 Å². The molecule has 0 amide bonds. The Balaban J connectivity index is 1.44. The van der Waals surface area contributed by atoms with E-state index in [9.17, 15) is 8.42 Å². The minimum absolute atomic E-state index is 0.0149. The summed E-state index contributed by atoms with van der Waals surface area (Å²) in [5.41, 5.74) is 2.52. The molecule has 0 aliphatic heterocycles. The summed E-state index contributed by atoms with van der Waals surface area (Å²) in [6, 6.07) is 16.8. The highest BCUT2D eigenvalue weighted by Gasteiger charge is 2.10. The van der Waals surface area contributed by atoms with Crippen molar-refractivity contribution in [3.05, 3.63) is 78.8 Å². The zero-order valence-electron chi connectivity index (χ0n) is 14.8. The number of para-hydroxylation sites is 1. The highest BCUT2D eigenvalue weighted by atomic mass is 32.2. The largest absolute Gasteiger partial charge is 0.494 e. The molecular formula is C20H21N3O3S. The molecule has 1 aromatic carbocycles. The highest BCUT2D eigenvalue weighted by molar-refractivity contribution is 7.89. The lowest BCUT2D eigenvalue weighted by Crippen LogP contribution is -2.26. The van der Waals surface area contributed by atoms with Gasteiger partial charge in [0.05, 0.1) is 18.1 Å². The third-order valence-corrected chi connectivity index (χ3v) is 5.26. The van der Waals surface area contributed by atoms with Gasteiger partial charge >= 0.3 is 0 Å². The van der Waals surface area contributed by atoms with Crippen molar-refractivity contribution in [3.8, 4) is 17.0 Å². The first kappa shape index (κ1) is 19.0.